The van der Waals surface area contributed by atoms with Gasteiger partial charge in [0.2, 0.25) is 0 Å². The molecule has 0 atom stereocenters. The molecular formula is C15H15FN2O3. The monoisotopic (exact) mass is 290 g/mol. The highest BCUT2D eigenvalue weighted by Crippen LogP contribution is 2.29. The van der Waals surface area contributed by atoms with Gasteiger partial charge < -0.3 is 10.1 Å². The number of hydrogen-bond acceptors (Lipinski definition) is 4. The van der Waals surface area contributed by atoms with E-state index in [1.165, 1.54) is 25.3 Å². The van der Waals surface area contributed by atoms with E-state index in [1.54, 1.807) is 18.2 Å². The minimum Gasteiger partial charge on any atom is -0.494 e. The van der Waals surface area contributed by atoms with Gasteiger partial charge in [-0.3, -0.25) is 10.1 Å². The minimum absolute atomic E-state index is 0.0564. The summed E-state index contributed by atoms with van der Waals surface area (Å²) in [4.78, 5) is 10.2. The molecule has 110 valence electrons. The van der Waals surface area contributed by atoms with Crippen molar-refractivity contribution in [2.45, 2.75) is 13.5 Å². The maximum Gasteiger partial charge on any atom is 0.273 e. The first-order valence-corrected chi connectivity index (χ1v) is 6.32. The lowest BCUT2D eigenvalue weighted by Crippen LogP contribution is -2.04. The molecule has 0 fully saturated rings. The van der Waals surface area contributed by atoms with Gasteiger partial charge in [-0.1, -0.05) is 17.7 Å². The van der Waals surface area contributed by atoms with Gasteiger partial charge in [-0.15, -0.1) is 0 Å². The topological polar surface area (TPSA) is 64.4 Å². The zero-order chi connectivity index (χ0) is 15.4. The smallest absolute Gasteiger partial charge is 0.273 e. The Balaban J connectivity index is 2.19. The average Bonchev–Trinajstić information content (AvgIpc) is 2.47. The van der Waals surface area contributed by atoms with E-state index in [2.05, 4.69) is 5.32 Å². The normalized spacial score (nSPS) is 10.2. The molecule has 5 nitrogen and oxygen atoms in total. The third-order valence-electron chi connectivity index (χ3n) is 3.07. The van der Waals surface area contributed by atoms with Crippen LogP contribution in [0.4, 0.5) is 15.8 Å². The van der Waals surface area contributed by atoms with Gasteiger partial charge in [0.25, 0.3) is 5.69 Å². The summed E-state index contributed by atoms with van der Waals surface area (Å²) >= 11 is 0. The standard InChI is InChI=1S/C15H15FN2O3/c1-10-3-5-13(16)11(7-10)9-17-14-6-4-12(18(19)20)8-15(14)21-2/h3-8,17H,9H2,1-2H3. The first-order valence-electron chi connectivity index (χ1n) is 6.32. The molecule has 0 heterocycles. The Bertz CT molecular complexity index is 674. The molecule has 0 aromatic heterocycles. The summed E-state index contributed by atoms with van der Waals surface area (Å²) in [6.45, 7) is 2.15. The fraction of sp³-hybridized carbons (Fsp3) is 0.200. The highest BCUT2D eigenvalue weighted by Gasteiger charge is 2.11. The van der Waals surface area contributed by atoms with Crippen molar-refractivity contribution in [1.82, 2.24) is 0 Å². The molecule has 21 heavy (non-hydrogen) atoms. The summed E-state index contributed by atoms with van der Waals surface area (Å²) in [7, 11) is 1.43. The number of benzene rings is 2. The first-order chi connectivity index (χ1) is 10.0. The molecule has 0 amide bonds. The molecule has 0 saturated carbocycles. The van der Waals surface area contributed by atoms with E-state index in [-0.39, 0.29) is 18.0 Å². The zero-order valence-corrected chi connectivity index (χ0v) is 11.7. The van der Waals surface area contributed by atoms with Crippen molar-refractivity contribution in [3.63, 3.8) is 0 Å². The van der Waals surface area contributed by atoms with Gasteiger partial charge in [-0.25, -0.2) is 4.39 Å². The molecule has 2 aromatic rings. The summed E-state index contributed by atoms with van der Waals surface area (Å²) in [5.74, 6) is 0.0474. The predicted octanol–water partition coefficient (Wildman–Crippen LogP) is 3.66. The number of aryl methyl sites for hydroxylation is 1. The number of hydrogen-bond donors (Lipinski definition) is 1. The molecule has 0 aliphatic carbocycles. The Hall–Kier alpha value is -2.63. The van der Waals surface area contributed by atoms with Crippen LogP contribution in [0.3, 0.4) is 0 Å². The van der Waals surface area contributed by atoms with Crippen LogP contribution >= 0.6 is 0 Å². The van der Waals surface area contributed by atoms with Crippen LogP contribution in [-0.2, 0) is 6.54 Å². The Morgan fingerprint density at radius 1 is 1.29 bits per heavy atom. The maximum atomic E-state index is 13.7. The molecule has 0 spiro atoms. The number of rotatable bonds is 5. The van der Waals surface area contributed by atoms with Gasteiger partial charge in [-0.05, 0) is 19.1 Å². The number of nitro groups is 1. The summed E-state index contributed by atoms with van der Waals surface area (Å²) in [5, 5.41) is 13.7. The Morgan fingerprint density at radius 3 is 2.71 bits per heavy atom. The summed E-state index contributed by atoms with van der Waals surface area (Å²) in [6, 6.07) is 9.11. The van der Waals surface area contributed by atoms with Gasteiger partial charge in [0.1, 0.15) is 11.6 Å². The van der Waals surface area contributed by atoms with E-state index in [1.807, 2.05) is 6.92 Å². The third kappa shape index (κ3) is 3.47. The first kappa shape index (κ1) is 14.8. The SMILES string of the molecule is COc1cc([N+](=O)[O-])ccc1NCc1cc(C)ccc1F. The summed E-state index contributed by atoms with van der Waals surface area (Å²) in [5.41, 5.74) is 2.00. The average molecular weight is 290 g/mol. The minimum atomic E-state index is -0.494. The van der Waals surface area contributed by atoms with Crippen molar-refractivity contribution in [3.8, 4) is 5.75 Å². The van der Waals surface area contributed by atoms with Crippen LogP contribution in [0.1, 0.15) is 11.1 Å². The highest BCUT2D eigenvalue weighted by molar-refractivity contribution is 5.60. The van der Waals surface area contributed by atoms with E-state index in [0.717, 1.165) is 5.56 Å². The lowest BCUT2D eigenvalue weighted by atomic mass is 10.1. The Morgan fingerprint density at radius 2 is 2.05 bits per heavy atom. The number of anilines is 1. The fourth-order valence-corrected chi connectivity index (χ4v) is 1.97. The van der Waals surface area contributed by atoms with Gasteiger partial charge >= 0.3 is 0 Å². The van der Waals surface area contributed by atoms with Gasteiger partial charge in [0, 0.05) is 18.2 Å². The Kier molecular flexibility index (Phi) is 4.37. The van der Waals surface area contributed by atoms with Gasteiger partial charge in [-0.2, -0.15) is 0 Å². The number of nitro benzene ring substituents is 1. The molecule has 2 aromatic carbocycles. The second kappa shape index (κ2) is 6.21. The molecule has 0 radical (unpaired) electrons. The lowest BCUT2D eigenvalue weighted by Gasteiger charge is -2.12. The molecule has 0 unspecified atom stereocenters. The van der Waals surface area contributed by atoms with Crippen LogP contribution in [0.5, 0.6) is 5.75 Å². The van der Waals surface area contributed by atoms with Crippen LogP contribution in [0.2, 0.25) is 0 Å². The number of ether oxygens (including phenoxy) is 1. The molecule has 2 rings (SSSR count). The largest absolute Gasteiger partial charge is 0.494 e. The lowest BCUT2D eigenvalue weighted by molar-refractivity contribution is -0.384. The third-order valence-corrected chi connectivity index (χ3v) is 3.07. The predicted molar refractivity (Wildman–Crippen MR) is 78.1 cm³/mol. The van der Waals surface area contributed by atoms with Crippen molar-refractivity contribution in [3.05, 3.63) is 63.5 Å². The molecular weight excluding hydrogens is 275 g/mol. The number of nitrogens with one attached hydrogen (secondary N) is 1. The molecule has 0 saturated heterocycles. The quantitative estimate of drug-likeness (QED) is 0.674. The van der Waals surface area contributed by atoms with Crippen molar-refractivity contribution in [2.24, 2.45) is 0 Å². The van der Waals surface area contributed by atoms with Gasteiger partial charge in [0.15, 0.2) is 0 Å². The van der Waals surface area contributed by atoms with Crippen LogP contribution < -0.4 is 10.1 Å². The van der Waals surface area contributed by atoms with Crippen molar-refractivity contribution < 1.29 is 14.1 Å². The fourth-order valence-electron chi connectivity index (χ4n) is 1.97. The molecule has 6 heteroatoms. The van der Waals surface area contributed by atoms with Gasteiger partial charge in [0.05, 0.1) is 23.8 Å². The van der Waals surface area contributed by atoms with E-state index in [9.17, 15) is 14.5 Å². The molecule has 0 aliphatic heterocycles. The maximum absolute atomic E-state index is 13.7. The van der Waals surface area contributed by atoms with Crippen LogP contribution in [0, 0.1) is 22.9 Å². The molecule has 1 N–H and O–H groups in total. The van der Waals surface area contributed by atoms with E-state index < -0.39 is 4.92 Å². The molecule has 0 aliphatic rings. The molecule has 0 bridgehead atoms. The van der Waals surface area contributed by atoms with Crippen molar-refractivity contribution in [2.75, 3.05) is 12.4 Å². The van der Waals surface area contributed by atoms with E-state index >= 15 is 0 Å². The van der Waals surface area contributed by atoms with Crippen LogP contribution in [0.15, 0.2) is 36.4 Å². The van der Waals surface area contributed by atoms with Crippen LogP contribution in [0.25, 0.3) is 0 Å². The Labute approximate surface area is 121 Å². The number of halogens is 1. The number of non-ortho nitro benzene ring substituents is 1. The van der Waals surface area contributed by atoms with E-state index in [4.69, 9.17) is 4.74 Å². The number of nitrogens with zero attached hydrogens (tertiary/aromatic N) is 1. The van der Waals surface area contributed by atoms with Crippen LogP contribution in [-0.4, -0.2) is 12.0 Å². The van der Waals surface area contributed by atoms with E-state index in [0.29, 0.717) is 17.0 Å². The second-order valence-electron chi connectivity index (χ2n) is 4.59. The number of methoxy groups -OCH3 is 1. The van der Waals surface area contributed by atoms with Crippen molar-refractivity contribution >= 4 is 11.4 Å². The second-order valence-corrected chi connectivity index (χ2v) is 4.59. The summed E-state index contributed by atoms with van der Waals surface area (Å²) < 4.78 is 18.8. The summed E-state index contributed by atoms with van der Waals surface area (Å²) in [6.07, 6.45) is 0. The zero-order valence-electron chi connectivity index (χ0n) is 11.7. The highest BCUT2D eigenvalue weighted by atomic mass is 19.1. The van der Waals surface area contributed by atoms with Crippen molar-refractivity contribution in [1.29, 1.82) is 0 Å².